The molecule has 0 N–H and O–H groups in total. The minimum absolute atomic E-state index is 0.487. The van der Waals surface area contributed by atoms with E-state index in [4.69, 9.17) is 0 Å². The Morgan fingerprint density at radius 3 is 2.25 bits per heavy atom. The average Bonchev–Trinajstić information content (AvgIpc) is 2.04. The molecule has 0 aliphatic heterocycles. The first-order valence-electron chi connectivity index (χ1n) is 4.76. The standard InChI is InChI=1S/C12H16/c1-10-8-12(2,9-10)11-6-4-3-5-7-11/h3-7,10H,8-9H2,1-2H3. The molecule has 0 aromatic heterocycles. The van der Waals surface area contributed by atoms with E-state index in [1.807, 2.05) is 0 Å². The first kappa shape index (κ1) is 7.85. The summed E-state index contributed by atoms with van der Waals surface area (Å²) in [6.07, 6.45) is 2.72. The van der Waals surface area contributed by atoms with Crippen LogP contribution in [0, 0.1) is 5.92 Å². The molecule has 64 valence electrons. The third-order valence-electron chi connectivity index (χ3n) is 3.07. The zero-order valence-electron chi connectivity index (χ0n) is 7.88. The predicted molar refractivity (Wildman–Crippen MR) is 52.2 cm³/mol. The Hall–Kier alpha value is -0.780. The van der Waals surface area contributed by atoms with Crippen molar-refractivity contribution in [3.05, 3.63) is 35.9 Å². The van der Waals surface area contributed by atoms with Gasteiger partial charge in [-0.2, -0.15) is 0 Å². The van der Waals surface area contributed by atoms with Crippen LogP contribution in [0.25, 0.3) is 0 Å². The normalized spacial score (nSPS) is 34.3. The van der Waals surface area contributed by atoms with E-state index in [9.17, 15) is 0 Å². The lowest BCUT2D eigenvalue weighted by molar-refractivity contribution is 0.178. The zero-order chi connectivity index (χ0) is 8.60. The van der Waals surface area contributed by atoms with Crippen LogP contribution in [0.4, 0.5) is 0 Å². The van der Waals surface area contributed by atoms with Crippen molar-refractivity contribution in [3.8, 4) is 0 Å². The molecular formula is C12H16. The van der Waals surface area contributed by atoms with Crippen molar-refractivity contribution in [2.24, 2.45) is 5.92 Å². The van der Waals surface area contributed by atoms with E-state index >= 15 is 0 Å². The Morgan fingerprint density at radius 1 is 1.17 bits per heavy atom. The predicted octanol–water partition coefficient (Wildman–Crippen LogP) is 3.37. The van der Waals surface area contributed by atoms with Crippen molar-refractivity contribution in [1.29, 1.82) is 0 Å². The molecule has 0 heterocycles. The third-order valence-corrected chi connectivity index (χ3v) is 3.07. The highest BCUT2D eigenvalue weighted by Crippen LogP contribution is 2.46. The lowest BCUT2D eigenvalue weighted by Gasteiger charge is -2.44. The molecule has 1 aromatic carbocycles. The minimum atomic E-state index is 0.487. The van der Waals surface area contributed by atoms with Gasteiger partial charge in [-0.1, -0.05) is 44.2 Å². The first-order valence-corrected chi connectivity index (χ1v) is 4.76. The second-order valence-corrected chi connectivity index (χ2v) is 4.44. The van der Waals surface area contributed by atoms with Crippen molar-refractivity contribution in [3.63, 3.8) is 0 Å². The van der Waals surface area contributed by atoms with Gasteiger partial charge in [-0.15, -0.1) is 0 Å². The monoisotopic (exact) mass is 160 g/mol. The van der Waals surface area contributed by atoms with Gasteiger partial charge in [0.1, 0.15) is 0 Å². The lowest BCUT2D eigenvalue weighted by Crippen LogP contribution is -2.36. The summed E-state index contributed by atoms with van der Waals surface area (Å²) < 4.78 is 0. The Bertz CT molecular complexity index is 255. The average molecular weight is 160 g/mol. The van der Waals surface area contributed by atoms with Crippen LogP contribution in [0.5, 0.6) is 0 Å². The summed E-state index contributed by atoms with van der Waals surface area (Å²) in [6.45, 7) is 4.72. The number of hydrogen-bond acceptors (Lipinski definition) is 0. The summed E-state index contributed by atoms with van der Waals surface area (Å²) in [5, 5.41) is 0. The van der Waals surface area contributed by atoms with Crippen LogP contribution in [0.15, 0.2) is 30.3 Å². The van der Waals surface area contributed by atoms with Gasteiger partial charge in [-0.05, 0) is 29.7 Å². The van der Waals surface area contributed by atoms with Crippen molar-refractivity contribution in [1.82, 2.24) is 0 Å². The van der Waals surface area contributed by atoms with Crippen LogP contribution in [0.1, 0.15) is 32.3 Å². The SMILES string of the molecule is CC1CC(C)(c2ccccc2)C1. The van der Waals surface area contributed by atoms with Crippen molar-refractivity contribution < 1.29 is 0 Å². The highest BCUT2D eigenvalue weighted by atomic mass is 14.4. The van der Waals surface area contributed by atoms with Gasteiger partial charge < -0.3 is 0 Å². The molecule has 12 heavy (non-hydrogen) atoms. The van der Waals surface area contributed by atoms with Gasteiger partial charge >= 0.3 is 0 Å². The molecule has 0 spiro atoms. The van der Waals surface area contributed by atoms with Crippen LogP contribution >= 0.6 is 0 Å². The van der Waals surface area contributed by atoms with Gasteiger partial charge in [0, 0.05) is 0 Å². The molecule has 1 saturated carbocycles. The summed E-state index contributed by atoms with van der Waals surface area (Å²) in [6, 6.07) is 10.9. The molecule has 1 aromatic rings. The molecule has 2 rings (SSSR count). The molecule has 0 unspecified atom stereocenters. The van der Waals surface area contributed by atoms with E-state index in [1.165, 1.54) is 18.4 Å². The molecule has 0 heteroatoms. The molecule has 0 bridgehead atoms. The van der Waals surface area contributed by atoms with E-state index in [-0.39, 0.29) is 0 Å². The molecule has 0 nitrogen and oxygen atoms in total. The highest BCUT2D eigenvalue weighted by Gasteiger charge is 2.38. The largest absolute Gasteiger partial charge is 0.0624 e. The van der Waals surface area contributed by atoms with Gasteiger partial charge in [-0.3, -0.25) is 0 Å². The fraction of sp³-hybridized carbons (Fsp3) is 0.500. The maximum Gasteiger partial charge on any atom is -0.00702 e. The molecular weight excluding hydrogens is 144 g/mol. The molecule has 1 aliphatic rings. The smallest absolute Gasteiger partial charge is 0.00702 e. The van der Waals surface area contributed by atoms with Crippen molar-refractivity contribution >= 4 is 0 Å². The van der Waals surface area contributed by atoms with Gasteiger partial charge in [0.25, 0.3) is 0 Å². The molecule has 0 atom stereocenters. The van der Waals surface area contributed by atoms with E-state index in [0.29, 0.717) is 5.41 Å². The highest BCUT2D eigenvalue weighted by molar-refractivity contribution is 5.27. The second kappa shape index (κ2) is 2.62. The first-order chi connectivity index (χ1) is 5.71. The van der Waals surface area contributed by atoms with Crippen LogP contribution in [0.3, 0.4) is 0 Å². The summed E-state index contributed by atoms with van der Waals surface area (Å²) in [4.78, 5) is 0. The molecule has 1 aliphatic carbocycles. The maximum atomic E-state index is 2.38. The summed E-state index contributed by atoms with van der Waals surface area (Å²) >= 11 is 0. The van der Waals surface area contributed by atoms with Gasteiger partial charge in [-0.25, -0.2) is 0 Å². The van der Waals surface area contributed by atoms with Gasteiger partial charge in [0.05, 0.1) is 0 Å². The number of rotatable bonds is 1. The number of benzene rings is 1. The van der Waals surface area contributed by atoms with Crippen molar-refractivity contribution in [2.75, 3.05) is 0 Å². The van der Waals surface area contributed by atoms with E-state index in [1.54, 1.807) is 0 Å². The van der Waals surface area contributed by atoms with Crippen LogP contribution < -0.4 is 0 Å². The zero-order valence-corrected chi connectivity index (χ0v) is 7.88. The molecule has 1 fully saturated rings. The maximum absolute atomic E-state index is 2.38. The Morgan fingerprint density at radius 2 is 1.75 bits per heavy atom. The fourth-order valence-corrected chi connectivity index (χ4v) is 2.55. The Balaban J connectivity index is 2.21. The number of hydrogen-bond donors (Lipinski definition) is 0. The van der Waals surface area contributed by atoms with E-state index in [0.717, 1.165) is 5.92 Å². The third kappa shape index (κ3) is 1.16. The minimum Gasteiger partial charge on any atom is -0.0624 e. The summed E-state index contributed by atoms with van der Waals surface area (Å²) in [5.74, 6) is 0.926. The van der Waals surface area contributed by atoms with E-state index in [2.05, 4.69) is 44.2 Å². The van der Waals surface area contributed by atoms with Crippen LogP contribution in [-0.2, 0) is 5.41 Å². The topological polar surface area (TPSA) is 0 Å². The lowest BCUT2D eigenvalue weighted by atomic mass is 9.60. The summed E-state index contributed by atoms with van der Waals surface area (Å²) in [5.41, 5.74) is 2.00. The molecule has 0 amide bonds. The molecule has 0 radical (unpaired) electrons. The fourth-order valence-electron chi connectivity index (χ4n) is 2.55. The summed E-state index contributed by atoms with van der Waals surface area (Å²) in [7, 11) is 0. The Kier molecular flexibility index (Phi) is 1.71. The van der Waals surface area contributed by atoms with Gasteiger partial charge in [0.15, 0.2) is 0 Å². The van der Waals surface area contributed by atoms with E-state index < -0.39 is 0 Å². The van der Waals surface area contributed by atoms with Gasteiger partial charge in [0.2, 0.25) is 0 Å². The molecule has 0 saturated heterocycles. The van der Waals surface area contributed by atoms with Crippen molar-refractivity contribution in [2.45, 2.75) is 32.1 Å². The quantitative estimate of drug-likeness (QED) is 0.591. The van der Waals surface area contributed by atoms with Crippen LogP contribution in [-0.4, -0.2) is 0 Å². The second-order valence-electron chi connectivity index (χ2n) is 4.44. The van der Waals surface area contributed by atoms with Crippen LogP contribution in [0.2, 0.25) is 0 Å². The Labute approximate surface area is 74.6 Å².